The van der Waals surface area contributed by atoms with E-state index in [0.717, 1.165) is 69.9 Å². The van der Waals surface area contributed by atoms with Crippen LogP contribution in [-0.4, -0.2) is 67.4 Å². The topological polar surface area (TPSA) is 64.7 Å². The second-order valence-corrected chi connectivity index (χ2v) is 8.19. The van der Waals surface area contributed by atoms with Crippen molar-refractivity contribution < 1.29 is 9.59 Å². The van der Waals surface area contributed by atoms with Crippen molar-refractivity contribution in [1.29, 1.82) is 0 Å². The number of likely N-dealkylation sites (tertiary alicyclic amines) is 1. The maximum absolute atomic E-state index is 12.5. The van der Waals surface area contributed by atoms with Crippen LogP contribution in [0.4, 0.5) is 5.69 Å². The Kier molecular flexibility index (Phi) is 7.20. The molecule has 2 saturated heterocycles. The highest BCUT2D eigenvalue weighted by molar-refractivity contribution is 6.31. The number of benzene rings is 1. The second kappa shape index (κ2) is 9.44. The SMILES string of the molecule is Cl.O=C1Nc2cc(Cl)ccc2C1C1CCN(CCC(=O)N2CCNCC2)CC1. The molecule has 0 saturated carbocycles. The minimum absolute atomic E-state index is 0. The smallest absolute Gasteiger partial charge is 0.232 e. The summed E-state index contributed by atoms with van der Waals surface area (Å²) in [6.45, 7) is 6.15. The van der Waals surface area contributed by atoms with Gasteiger partial charge in [-0.15, -0.1) is 12.4 Å². The van der Waals surface area contributed by atoms with Crippen LogP contribution in [0.1, 0.15) is 30.7 Å². The highest BCUT2D eigenvalue weighted by atomic mass is 35.5. The molecule has 1 atom stereocenters. The van der Waals surface area contributed by atoms with Crippen LogP contribution >= 0.6 is 24.0 Å². The number of nitrogens with zero attached hydrogens (tertiary/aromatic N) is 2. The maximum atomic E-state index is 12.5. The Balaban J connectivity index is 0.00000225. The minimum atomic E-state index is -0.0677. The Morgan fingerprint density at radius 2 is 1.86 bits per heavy atom. The van der Waals surface area contributed by atoms with Crippen molar-refractivity contribution in [3.8, 4) is 0 Å². The number of amides is 2. The number of anilines is 1. The number of carbonyl (C=O) groups excluding carboxylic acids is 2. The molecule has 154 valence electrons. The fraction of sp³-hybridized carbons (Fsp3) is 0.600. The van der Waals surface area contributed by atoms with E-state index in [1.807, 2.05) is 23.1 Å². The van der Waals surface area contributed by atoms with Crippen LogP contribution < -0.4 is 10.6 Å². The Labute approximate surface area is 177 Å². The summed E-state index contributed by atoms with van der Waals surface area (Å²) in [5, 5.41) is 6.91. The lowest BCUT2D eigenvalue weighted by Crippen LogP contribution is -2.47. The standard InChI is InChI=1S/C20H27ClN4O2.ClH/c21-15-1-2-16-17(13-15)23-20(27)19(16)14-3-8-24(9-4-14)10-5-18(26)25-11-6-22-7-12-25;/h1-2,13-14,19,22H,3-12H2,(H,23,27);1H. The summed E-state index contributed by atoms with van der Waals surface area (Å²) in [5.74, 6) is 0.647. The van der Waals surface area contributed by atoms with Crippen LogP contribution in [0.5, 0.6) is 0 Å². The fourth-order valence-electron chi connectivity index (χ4n) is 4.56. The third kappa shape index (κ3) is 4.62. The Morgan fingerprint density at radius 1 is 1.14 bits per heavy atom. The predicted molar refractivity (Wildman–Crippen MR) is 113 cm³/mol. The van der Waals surface area contributed by atoms with Crippen LogP contribution in [0.15, 0.2) is 18.2 Å². The van der Waals surface area contributed by atoms with Gasteiger partial charge in [-0.1, -0.05) is 17.7 Å². The van der Waals surface area contributed by atoms with E-state index in [9.17, 15) is 9.59 Å². The van der Waals surface area contributed by atoms with Gasteiger partial charge in [-0.25, -0.2) is 0 Å². The van der Waals surface area contributed by atoms with E-state index in [1.54, 1.807) is 0 Å². The minimum Gasteiger partial charge on any atom is -0.340 e. The first-order valence-electron chi connectivity index (χ1n) is 9.93. The van der Waals surface area contributed by atoms with Crippen molar-refractivity contribution in [2.75, 3.05) is 51.1 Å². The van der Waals surface area contributed by atoms with Crippen LogP contribution in [0, 0.1) is 5.92 Å². The maximum Gasteiger partial charge on any atom is 0.232 e. The van der Waals surface area contributed by atoms with E-state index in [0.29, 0.717) is 17.4 Å². The molecule has 2 fully saturated rings. The molecule has 0 radical (unpaired) electrons. The van der Waals surface area contributed by atoms with Crippen LogP contribution in [0.25, 0.3) is 0 Å². The molecule has 0 aromatic heterocycles. The molecule has 0 spiro atoms. The van der Waals surface area contributed by atoms with Gasteiger partial charge in [0.25, 0.3) is 0 Å². The van der Waals surface area contributed by atoms with Crippen LogP contribution in [0.3, 0.4) is 0 Å². The molecule has 28 heavy (non-hydrogen) atoms. The monoisotopic (exact) mass is 426 g/mol. The molecule has 3 aliphatic heterocycles. The van der Waals surface area contributed by atoms with Gasteiger partial charge in [-0.05, 0) is 49.5 Å². The van der Waals surface area contributed by atoms with Gasteiger partial charge in [0, 0.05) is 49.9 Å². The summed E-state index contributed by atoms with van der Waals surface area (Å²) < 4.78 is 0. The largest absolute Gasteiger partial charge is 0.340 e. The van der Waals surface area contributed by atoms with Crippen molar-refractivity contribution in [3.63, 3.8) is 0 Å². The zero-order valence-corrected chi connectivity index (χ0v) is 17.5. The predicted octanol–water partition coefficient (Wildman–Crippen LogP) is 2.33. The lowest BCUT2D eigenvalue weighted by Gasteiger charge is -2.34. The highest BCUT2D eigenvalue weighted by Gasteiger charge is 2.38. The van der Waals surface area contributed by atoms with Gasteiger partial charge in [0.05, 0.1) is 5.92 Å². The highest BCUT2D eigenvalue weighted by Crippen LogP contribution is 2.42. The summed E-state index contributed by atoms with van der Waals surface area (Å²) in [4.78, 5) is 29.2. The molecule has 0 bridgehead atoms. The van der Waals surface area contributed by atoms with E-state index in [1.165, 1.54) is 0 Å². The van der Waals surface area contributed by atoms with E-state index >= 15 is 0 Å². The van der Waals surface area contributed by atoms with E-state index in [2.05, 4.69) is 15.5 Å². The molecule has 0 aliphatic carbocycles. The Hall–Kier alpha value is -1.34. The zero-order valence-electron chi connectivity index (χ0n) is 16.0. The van der Waals surface area contributed by atoms with Gasteiger partial charge in [0.1, 0.15) is 0 Å². The van der Waals surface area contributed by atoms with Gasteiger partial charge in [-0.3, -0.25) is 9.59 Å². The number of hydrogen-bond donors (Lipinski definition) is 2. The average molecular weight is 427 g/mol. The number of fused-ring (bicyclic) bond motifs is 1. The molecule has 8 heteroatoms. The molecule has 2 amide bonds. The molecule has 6 nitrogen and oxygen atoms in total. The number of rotatable bonds is 4. The number of carbonyl (C=O) groups is 2. The van der Waals surface area contributed by atoms with Gasteiger partial charge in [0.2, 0.25) is 11.8 Å². The van der Waals surface area contributed by atoms with Gasteiger partial charge < -0.3 is 20.4 Å². The van der Waals surface area contributed by atoms with E-state index in [4.69, 9.17) is 11.6 Å². The van der Waals surface area contributed by atoms with Crippen molar-refractivity contribution in [3.05, 3.63) is 28.8 Å². The molecular weight excluding hydrogens is 399 g/mol. The quantitative estimate of drug-likeness (QED) is 0.775. The van der Waals surface area contributed by atoms with Crippen LogP contribution in [0.2, 0.25) is 5.02 Å². The second-order valence-electron chi connectivity index (χ2n) is 7.76. The van der Waals surface area contributed by atoms with Crippen molar-refractivity contribution in [2.45, 2.75) is 25.2 Å². The first-order chi connectivity index (χ1) is 13.1. The molecule has 3 heterocycles. The first kappa shape index (κ1) is 21.4. The molecule has 1 aromatic rings. The number of nitrogens with one attached hydrogen (secondary N) is 2. The van der Waals surface area contributed by atoms with E-state index < -0.39 is 0 Å². The third-order valence-electron chi connectivity index (χ3n) is 6.11. The number of piperidine rings is 1. The Bertz CT molecular complexity index is 716. The summed E-state index contributed by atoms with van der Waals surface area (Å²) >= 11 is 6.05. The summed E-state index contributed by atoms with van der Waals surface area (Å²) in [6, 6.07) is 5.69. The molecular formula is C20H28Cl2N4O2. The summed E-state index contributed by atoms with van der Waals surface area (Å²) in [7, 11) is 0. The van der Waals surface area contributed by atoms with Crippen molar-refractivity contribution >= 4 is 41.5 Å². The van der Waals surface area contributed by atoms with Crippen LogP contribution in [-0.2, 0) is 9.59 Å². The number of piperazine rings is 1. The molecule has 3 aliphatic rings. The lowest BCUT2D eigenvalue weighted by atomic mass is 9.81. The normalized spacial score (nSPS) is 23.1. The van der Waals surface area contributed by atoms with Gasteiger partial charge in [0.15, 0.2) is 0 Å². The van der Waals surface area contributed by atoms with E-state index in [-0.39, 0.29) is 30.1 Å². The molecule has 1 unspecified atom stereocenters. The molecule has 1 aromatic carbocycles. The third-order valence-corrected chi connectivity index (χ3v) is 6.34. The average Bonchev–Trinajstić information content (AvgIpc) is 3.02. The molecule has 2 N–H and O–H groups in total. The Morgan fingerprint density at radius 3 is 2.57 bits per heavy atom. The summed E-state index contributed by atoms with van der Waals surface area (Å²) in [5.41, 5.74) is 1.94. The van der Waals surface area contributed by atoms with Gasteiger partial charge in [-0.2, -0.15) is 0 Å². The number of halogens is 2. The first-order valence-corrected chi connectivity index (χ1v) is 10.3. The lowest BCUT2D eigenvalue weighted by molar-refractivity contribution is -0.132. The van der Waals surface area contributed by atoms with Gasteiger partial charge >= 0.3 is 0 Å². The fourth-order valence-corrected chi connectivity index (χ4v) is 4.74. The molecule has 4 rings (SSSR count). The van der Waals surface area contributed by atoms with Crippen molar-refractivity contribution in [1.82, 2.24) is 15.1 Å². The van der Waals surface area contributed by atoms with Crippen molar-refractivity contribution in [2.24, 2.45) is 5.92 Å². The summed E-state index contributed by atoms with van der Waals surface area (Å²) in [6.07, 6.45) is 2.57. The number of hydrogen-bond acceptors (Lipinski definition) is 4. The zero-order chi connectivity index (χ0) is 18.8.